The fourth-order valence-corrected chi connectivity index (χ4v) is 3.80. The van der Waals surface area contributed by atoms with Crippen LogP contribution < -0.4 is 10.1 Å². The number of nitrogens with one attached hydrogen (secondary N) is 1. The lowest BCUT2D eigenvalue weighted by molar-refractivity contribution is -0.143. The molecule has 1 heterocycles. The summed E-state index contributed by atoms with van der Waals surface area (Å²) in [7, 11) is 1.60. The molecule has 0 aromatic heterocycles. The Morgan fingerprint density at radius 2 is 1.79 bits per heavy atom. The molecule has 1 aliphatic heterocycles. The van der Waals surface area contributed by atoms with Crippen molar-refractivity contribution in [2.45, 2.75) is 19.4 Å². The number of carboxylic acids is 1. The first-order valence-corrected chi connectivity index (χ1v) is 9.45. The van der Waals surface area contributed by atoms with E-state index >= 15 is 0 Å². The lowest BCUT2D eigenvalue weighted by atomic mass is 9.90. The van der Waals surface area contributed by atoms with Crippen molar-refractivity contribution in [3.8, 4) is 5.75 Å². The van der Waals surface area contributed by atoms with Crippen LogP contribution in [-0.2, 0) is 4.79 Å². The molecule has 0 spiro atoms. The van der Waals surface area contributed by atoms with Gasteiger partial charge in [-0.1, -0.05) is 55.5 Å². The quantitative estimate of drug-likeness (QED) is 0.829. The molecule has 0 radical (unpaired) electrons. The molecule has 3 rings (SSSR count). The second-order valence-electron chi connectivity index (χ2n) is 7.32. The molecule has 0 aliphatic carbocycles. The third kappa shape index (κ3) is 4.44. The number of benzene rings is 2. The van der Waals surface area contributed by atoms with Crippen molar-refractivity contribution in [1.29, 1.82) is 0 Å². The van der Waals surface area contributed by atoms with Crippen LogP contribution in [0, 0.1) is 11.8 Å². The number of piperidine rings is 1. The number of amides is 2. The summed E-state index contributed by atoms with van der Waals surface area (Å²) in [6.45, 7) is 2.74. The van der Waals surface area contributed by atoms with E-state index in [9.17, 15) is 14.7 Å². The summed E-state index contributed by atoms with van der Waals surface area (Å²) in [5, 5.41) is 12.5. The van der Waals surface area contributed by atoms with Crippen LogP contribution in [0.5, 0.6) is 5.75 Å². The van der Waals surface area contributed by atoms with Crippen molar-refractivity contribution in [3.05, 3.63) is 65.7 Å². The van der Waals surface area contributed by atoms with Crippen LogP contribution in [0.4, 0.5) is 4.79 Å². The molecule has 3 unspecified atom stereocenters. The summed E-state index contributed by atoms with van der Waals surface area (Å²) in [6.07, 6.45) is 0.591. The number of likely N-dealkylation sites (tertiary alicyclic amines) is 1. The second-order valence-corrected chi connectivity index (χ2v) is 7.32. The summed E-state index contributed by atoms with van der Waals surface area (Å²) in [5.41, 5.74) is 1.78. The number of ether oxygens (including phenoxy) is 1. The maximum atomic E-state index is 13.0. The Hall–Kier alpha value is -3.02. The van der Waals surface area contributed by atoms with Gasteiger partial charge in [-0.15, -0.1) is 0 Å². The van der Waals surface area contributed by atoms with Crippen LogP contribution in [0.3, 0.4) is 0 Å². The summed E-state index contributed by atoms with van der Waals surface area (Å²) >= 11 is 0. The van der Waals surface area contributed by atoms with Crippen molar-refractivity contribution in [3.63, 3.8) is 0 Å². The van der Waals surface area contributed by atoms with Crippen molar-refractivity contribution < 1.29 is 19.4 Å². The third-order valence-electron chi connectivity index (χ3n) is 5.15. The number of hydrogen-bond acceptors (Lipinski definition) is 3. The number of rotatable bonds is 5. The van der Waals surface area contributed by atoms with Crippen molar-refractivity contribution in [2.75, 3.05) is 20.2 Å². The zero-order valence-corrected chi connectivity index (χ0v) is 16.2. The topological polar surface area (TPSA) is 78.9 Å². The first-order valence-electron chi connectivity index (χ1n) is 9.45. The van der Waals surface area contributed by atoms with E-state index in [4.69, 9.17) is 4.74 Å². The highest BCUT2D eigenvalue weighted by Gasteiger charge is 2.33. The van der Waals surface area contributed by atoms with Gasteiger partial charge in [0.1, 0.15) is 5.75 Å². The summed E-state index contributed by atoms with van der Waals surface area (Å²) in [6, 6.07) is 16.6. The normalized spacial score (nSPS) is 20.3. The van der Waals surface area contributed by atoms with Crippen molar-refractivity contribution in [2.24, 2.45) is 11.8 Å². The first kappa shape index (κ1) is 19.7. The maximum absolute atomic E-state index is 13.0. The van der Waals surface area contributed by atoms with Gasteiger partial charge in [0.25, 0.3) is 0 Å². The minimum Gasteiger partial charge on any atom is -0.496 e. The molecular formula is C22H26N2O4. The molecule has 1 aliphatic rings. The fraction of sp³-hybridized carbons (Fsp3) is 0.364. The van der Waals surface area contributed by atoms with E-state index in [0.717, 1.165) is 11.1 Å². The van der Waals surface area contributed by atoms with Crippen LogP contribution in [0.2, 0.25) is 0 Å². The Bertz CT molecular complexity index is 824. The van der Waals surface area contributed by atoms with Gasteiger partial charge in [0.05, 0.1) is 19.1 Å². The molecule has 3 atom stereocenters. The molecule has 0 bridgehead atoms. The summed E-state index contributed by atoms with van der Waals surface area (Å²) in [4.78, 5) is 26.1. The predicted octanol–water partition coefficient (Wildman–Crippen LogP) is 3.54. The number of carbonyl (C=O) groups is 2. The zero-order chi connectivity index (χ0) is 20.1. The van der Waals surface area contributed by atoms with Crippen molar-refractivity contribution >= 4 is 12.0 Å². The molecule has 2 N–H and O–H groups in total. The monoisotopic (exact) mass is 382 g/mol. The Kier molecular flexibility index (Phi) is 6.19. The highest BCUT2D eigenvalue weighted by Crippen LogP contribution is 2.30. The Morgan fingerprint density at radius 1 is 1.11 bits per heavy atom. The fourth-order valence-electron chi connectivity index (χ4n) is 3.80. The van der Waals surface area contributed by atoms with E-state index in [1.807, 2.05) is 61.5 Å². The van der Waals surface area contributed by atoms with Gasteiger partial charge in [0, 0.05) is 18.7 Å². The van der Waals surface area contributed by atoms with E-state index in [2.05, 4.69) is 5.32 Å². The standard InChI is InChI=1S/C22H26N2O4/c1-15-12-17(21(25)26)14-24(13-15)22(27)23-20(16-8-4-3-5-9-16)18-10-6-7-11-19(18)28-2/h3-11,15,17,20H,12-14H2,1-2H3,(H,23,27)(H,25,26). The number of aliphatic carboxylic acids is 1. The van der Waals surface area contributed by atoms with E-state index in [0.29, 0.717) is 18.7 Å². The molecular weight excluding hydrogens is 356 g/mol. The van der Waals surface area contributed by atoms with Gasteiger partial charge < -0.3 is 20.1 Å². The van der Waals surface area contributed by atoms with Crippen LogP contribution in [0.15, 0.2) is 54.6 Å². The Morgan fingerprint density at radius 3 is 2.46 bits per heavy atom. The van der Waals surface area contributed by atoms with E-state index in [1.54, 1.807) is 12.0 Å². The molecule has 1 saturated heterocycles. The lowest BCUT2D eigenvalue weighted by Gasteiger charge is -2.35. The number of carbonyl (C=O) groups excluding carboxylic acids is 1. The van der Waals surface area contributed by atoms with Crippen molar-refractivity contribution in [1.82, 2.24) is 10.2 Å². The number of urea groups is 1. The zero-order valence-electron chi connectivity index (χ0n) is 16.2. The van der Waals surface area contributed by atoms with Crippen LogP contribution in [0.25, 0.3) is 0 Å². The van der Waals surface area contributed by atoms with Crippen LogP contribution >= 0.6 is 0 Å². The van der Waals surface area contributed by atoms with Gasteiger partial charge in [-0.3, -0.25) is 4.79 Å². The van der Waals surface area contributed by atoms with Gasteiger partial charge in [0.15, 0.2) is 0 Å². The molecule has 148 valence electrons. The maximum Gasteiger partial charge on any atom is 0.318 e. The minimum atomic E-state index is -0.853. The molecule has 2 aromatic rings. The van der Waals surface area contributed by atoms with Gasteiger partial charge in [-0.05, 0) is 24.0 Å². The first-order chi connectivity index (χ1) is 13.5. The smallest absolute Gasteiger partial charge is 0.318 e. The summed E-state index contributed by atoms with van der Waals surface area (Å²) in [5.74, 6) is -0.557. The number of para-hydroxylation sites is 1. The SMILES string of the molecule is COc1ccccc1C(NC(=O)N1CC(C)CC(C(=O)O)C1)c1ccccc1. The third-order valence-corrected chi connectivity index (χ3v) is 5.15. The molecule has 2 amide bonds. The Labute approximate surface area is 165 Å². The highest BCUT2D eigenvalue weighted by atomic mass is 16.5. The Balaban J connectivity index is 1.87. The van der Waals surface area contributed by atoms with Gasteiger partial charge >= 0.3 is 12.0 Å². The average Bonchev–Trinajstić information content (AvgIpc) is 2.72. The van der Waals surface area contributed by atoms with Crippen LogP contribution in [-0.4, -0.2) is 42.2 Å². The molecule has 2 aromatic carbocycles. The minimum absolute atomic E-state index is 0.141. The second kappa shape index (κ2) is 8.78. The molecule has 28 heavy (non-hydrogen) atoms. The predicted molar refractivity (Wildman–Crippen MR) is 106 cm³/mol. The largest absolute Gasteiger partial charge is 0.496 e. The number of hydrogen-bond donors (Lipinski definition) is 2. The molecule has 6 heteroatoms. The molecule has 0 saturated carbocycles. The van der Waals surface area contributed by atoms with E-state index in [-0.39, 0.29) is 18.5 Å². The van der Waals surface area contributed by atoms with E-state index < -0.39 is 17.9 Å². The highest BCUT2D eigenvalue weighted by molar-refractivity contribution is 5.77. The summed E-state index contributed by atoms with van der Waals surface area (Å²) < 4.78 is 5.50. The molecule has 1 fully saturated rings. The number of nitrogens with zero attached hydrogens (tertiary/aromatic N) is 1. The molecule has 6 nitrogen and oxygen atoms in total. The number of carboxylic acid groups (broad SMARTS) is 1. The van der Waals surface area contributed by atoms with Gasteiger partial charge in [0.2, 0.25) is 0 Å². The van der Waals surface area contributed by atoms with E-state index in [1.165, 1.54) is 0 Å². The van der Waals surface area contributed by atoms with Gasteiger partial charge in [-0.25, -0.2) is 4.79 Å². The van der Waals surface area contributed by atoms with Crippen LogP contribution in [0.1, 0.15) is 30.5 Å². The number of methoxy groups -OCH3 is 1. The van der Waals surface area contributed by atoms with Gasteiger partial charge in [-0.2, -0.15) is 0 Å². The lowest BCUT2D eigenvalue weighted by Crippen LogP contribution is -2.50. The average molecular weight is 382 g/mol.